The molecule has 3 rings (SSSR count). The number of piperidine rings is 1. The molecule has 0 radical (unpaired) electrons. The second-order valence-corrected chi connectivity index (χ2v) is 5.48. The number of nitrogens with zero attached hydrogens (tertiary/aromatic N) is 2. The van der Waals surface area contributed by atoms with E-state index >= 15 is 0 Å². The van der Waals surface area contributed by atoms with E-state index in [0.29, 0.717) is 28.2 Å². The van der Waals surface area contributed by atoms with Gasteiger partial charge >= 0.3 is 0 Å². The Hall–Kier alpha value is -2.28. The van der Waals surface area contributed by atoms with Crippen LogP contribution >= 0.6 is 0 Å². The largest absolute Gasteiger partial charge is 0.493 e. The summed E-state index contributed by atoms with van der Waals surface area (Å²) in [7, 11) is 4.59. The molecule has 0 unspecified atom stereocenters. The van der Waals surface area contributed by atoms with Gasteiger partial charge < -0.3 is 19.5 Å². The molecule has 0 amide bonds. The highest BCUT2D eigenvalue weighted by molar-refractivity contribution is 5.89. The smallest absolute Gasteiger partial charge is 0.261 e. The van der Waals surface area contributed by atoms with Crippen molar-refractivity contribution in [1.82, 2.24) is 14.9 Å². The number of hydrogen-bond acceptors (Lipinski definition) is 6. The highest BCUT2D eigenvalue weighted by Gasteiger charge is 2.22. The molecule has 124 valence electrons. The molecule has 7 nitrogen and oxygen atoms in total. The highest BCUT2D eigenvalue weighted by atomic mass is 16.5. The Labute approximate surface area is 134 Å². The Morgan fingerprint density at radius 3 is 2.43 bits per heavy atom. The van der Waals surface area contributed by atoms with Gasteiger partial charge in [0.15, 0.2) is 11.5 Å². The molecule has 0 spiro atoms. The summed E-state index contributed by atoms with van der Waals surface area (Å²) < 4.78 is 17.8. The first-order chi connectivity index (χ1) is 11.2. The summed E-state index contributed by atoms with van der Waals surface area (Å²) in [4.78, 5) is 17.4. The van der Waals surface area contributed by atoms with Gasteiger partial charge in [-0.1, -0.05) is 0 Å². The van der Waals surface area contributed by atoms with Crippen LogP contribution in [0.25, 0.3) is 10.9 Å². The zero-order chi connectivity index (χ0) is 16.4. The number of nitrogens with one attached hydrogen (secondary N) is 1. The monoisotopic (exact) mass is 319 g/mol. The Kier molecular flexibility index (Phi) is 4.38. The van der Waals surface area contributed by atoms with Crippen LogP contribution in [0.4, 0.5) is 0 Å². The van der Waals surface area contributed by atoms with Crippen molar-refractivity contribution in [2.24, 2.45) is 0 Å². The minimum absolute atomic E-state index is 0.0823. The molecule has 1 aromatic heterocycles. The van der Waals surface area contributed by atoms with Crippen molar-refractivity contribution in [3.8, 4) is 17.2 Å². The molecule has 0 aliphatic carbocycles. The average Bonchev–Trinajstić information content (AvgIpc) is 2.61. The van der Waals surface area contributed by atoms with Gasteiger partial charge in [0, 0.05) is 6.04 Å². The highest BCUT2D eigenvalue weighted by Crippen LogP contribution is 2.41. The topological polar surface area (TPSA) is 74.6 Å². The molecular weight excluding hydrogens is 298 g/mol. The van der Waals surface area contributed by atoms with Crippen LogP contribution in [0.3, 0.4) is 0 Å². The zero-order valence-corrected chi connectivity index (χ0v) is 13.6. The van der Waals surface area contributed by atoms with Crippen LogP contribution in [-0.2, 0) is 0 Å². The van der Waals surface area contributed by atoms with Gasteiger partial charge in [-0.2, -0.15) is 0 Å². The van der Waals surface area contributed by atoms with Gasteiger partial charge in [0.05, 0.1) is 33.0 Å². The normalized spacial score (nSPS) is 15.6. The molecular formula is C16H21N3O4. The number of ether oxygens (including phenoxy) is 3. The number of methoxy groups -OCH3 is 3. The van der Waals surface area contributed by atoms with Crippen LogP contribution in [0.2, 0.25) is 0 Å². The zero-order valence-electron chi connectivity index (χ0n) is 13.6. The van der Waals surface area contributed by atoms with E-state index in [0.717, 1.165) is 25.9 Å². The fraction of sp³-hybridized carbons (Fsp3) is 0.500. The number of hydrogen-bond donors (Lipinski definition) is 1. The van der Waals surface area contributed by atoms with Crippen molar-refractivity contribution in [2.75, 3.05) is 34.4 Å². The predicted octanol–water partition coefficient (Wildman–Crippen LogP) is 1.35. The quantitative estimate of drug-likeness (QED) is 0.917. The standard InChI is InChI=1S/C16H21N3O4/c1-21-12-8-11-13(15(23-3)14(12)22-2)18-9-19(16(11)20)10-4-6-17-7-5-10/h8-10,17H,4-7H2,1-3H3. The third-order valence-electron chi connectivity index (χ3n) is 4.28. The predicted molar refractivity (Wildman–Crippen MR) is 86.8 cm³/mol. The molecule has 7 heteroatoms. The lowest BCUT2D eigenvalue weighted by atomic mass is 10.1. The van der Waals surface area contributed by atoms with Gasteiger partial charge in [-0.15, -0.1) is 0 Å². The second kappa shape index (κ2) is 6.45. The lowest BCUT2D eigenvalue weighted by Crippen LogP contribution is -2.34. The molecule has 1 aliphatic rings. The summed E-state index contributed by atoms with van der Waals surface area (Å²) >= 11 is 0. The molecule has 1 N–H and O–H groups in total. The third kappa shape index (κ3) is 2.61. The van der Waals surface area contributed by atoms with Crippen LogP contribution in [0.5, 0.6) is 17.2 Å². The van der Waals surface area contributed by atoms with Gasteiger partial charge in [-0.25, -0.2) is 4.98 Å². The average molecular weight is 319 g/mol. The molecule has 0 saturated carbocycles. The van der Waals surface area contributed by atoms with E-state index in [-0.39, 0.29) is 11.6 Å². The summed E-state index contributed by atoms with van der Waals surface area (Å²) in [5.74, 6) is 1.31. The fourth-order valence-corrected chi connectivity index (χ4v) is 3.09. The molecule has 2 heterocycles. The minimum Gasteiger partial charge on any atom is -0.493 e. The van der Waals surface area contributed by atoms with Crippen LogP contribution in [0.15, 0.2) is 17.2 Å². The maximum Gasteiger partial charge on any atom is 0.261 e. The molecule has 1 fully saturated rings. The molecule has 23 heavy (non-hydrogen) atoms. The van der Waals surface area contributed by atoms with E-state index in [2.05, 4.69) is 10.3 Å². The van der Waals surface area contributed by atoms with Crippen LogP contribution in [0, 0.1) is 0 Å². The van der Waals surface area contributed by atoms with Gasteiger partial charge in [-0.05, 0) is 32.0 Å². The first kappa shape index (κ1) is 15.6. The van der Waals surface area contributed by atoms with Crippen LogP contribution < -0.4 is 25.1 Å². The number of rotatable bonds is 4. The Morgan fingerprint density at radius 2 is 1.83 bits per heavy atom. The van der Waals surface area contributed by atoms with Crippen LogP contribution in [-0.4, -0.2) is 44.0 Å². The van der Waals surface area contributed by atoms with E-state index in [1.807, 2.05) is 0 Å². The Balaban J connectivity index is 2.22. The fourth-order valence-electron chi connectivity index (χ4n) is 3.09. The molecule has 1 aromatic carbocycles. The Bertz CT molecular complexity index is 766. The van der Waals surface area contributed by atoms with E-state index in [9.17, 15) is 4.79 Å². The first-order valence-electron chi connectivity index (χ1n) is 7.61. The maximum absolute atomic E-state index is 12.9. The number of fused-ring (bicyclic) bond motifs is 1. The van der Waals surface area contributed by atoms with Crippen molar-refractivity contribution < 1.29 is 14.2 Å². The summed E-state index contributed by atoms with van der Waals surface area (Å²) in [5, 5.41) is 3.77. The number of benzene rings is 1. The molecule has 1 aliphatic heterocycles. The minimum atomic E-state index is -0.0823. The van der Waals surface area contributed by atoms with Crippen molar-refractivity contribution in [3.05, 3.63) is 22.7 Å². The van der Waals surface area contributed by atoms with E-state index < -0.39 is 0 Å². The van der Waals surface area contributed by atoms with Gasteiger partial charge in [0.25, 0.3) is 5.56 Å². The first-order valence-corrected chi connectivity index (χ1v) is 7.61. The molecule has 0 bridgehead atoms. The summed E-state index contributed by atoms with van der Waals surface area (Å²) in [6.07, 6.45) is 3.43. The summed E-state index contributed by atoms with van der Waals surface area (Å²) in [5.41, 5.74) is 0.404. The second-order valence-electron chi connectivity index (χ2n) is 5.48. The van der Waals surface area contributed by atoms with Crippen LogP contribution in [0.1, 0.15) is 18.9 Å². The SMILES string of the molecule is COc1cc2c(=O)n(C3CCNCC3)cnc2c(OC)c1OC. The number of aromatic nitrogens is 2. The van der Waals surface area contributed by atoms with Gasteiger partial charge in [0.1, 0.15) is 5.52 Å². The summed E-state index contributed by atoms with van der Waals surface area (Å²) in [6.45, 7) is 1.81. The van der Waals surface area contributed by atoms with Crippen molar-refractivity contribution in [1.29, 1.82) is 0 Å². The van der Waals surface area contributed by atoms with Crippen molar-refractivity contribution in [3.63, 3.8) is 0 Å². The van der Waals surface area contributed by atoms with E-state index in [1.54, 1.807) is 17.0 Å². The van der Waals surface area contributed by atoms with E-state index in [1.165, 1.54) is 21.3 Å². The maximum atomic E-state index is 12.9. The summed E-state index contributed by atoms with van der Waals surface area (Å²) in [6, 6.07) is 1.84. The van der Waals surface area contributed by atoms with E-state index in [4.69, 9.17) is 14.2 Å². The lowest BCUT2D eigenvalue weighted by Gasteiger charge is -2.24. The third-order valence-corrected chi connectivity index (χ3v) is 4.28. The molecule has 0 atom stereocenters. The molecule has 1 saturated heterocycles. The Morgan fingerprint density at radius 1 is 1.13 bits per heavy atom. The van der Waals surface area contributed by atoms with Crippen molar-refractivity contribution >= 4 is 10.9 Å². The van der Waals surface area contributed by atoms with Gasteiger partial charge in [0.2, 0.25) is 5.75 Å². The molecule has 2 aromatic rings. The lowest BCUT2D eigenvalue weighted by molar-refractivity contribution is 0.326. The van der Waals surface area contributed by atoms with Gasteiger partial charge in [-0.3, -0.25) is 9.36 Å². The van der Waals surface area contributed by atoms with Crippen molar-refractivity contribution in [2.45, 2.75) is 18.9 Å².